The number of piperazine rings is 1. The predicted octanol–water partition coefficient (Wildman–Crippen LogP) is -0.306. The van der Waals surface area contributed by atoms with Gasteiger partial charge in [-0.15, -0.1) is 0 Å². The number of carbonyl (C=O) groups is 3. The summed E-state index contributed by atoms with van der Waals surface area (Å²) in [5, 5.41) is 18.0. The fourth-order valence-corrected chi connectivity index (χ4v) is 2.18. The lowest BCUT2D eigenvalue weighted by atomic mass is 10.1. The summed E-state index contributed by atoms with van der Waals surface area (Å²) < 4.78 is 0. The molecule has 1 heterocycles. The van der Waals surface area contributed by atoms with Gasteiger partial charge in [-0.25, -0.2) is 0 Å². The number of rotatable bonds is 7. The molecular formula is C14H27N3O5. The Bertz CT molecular complexity index is 343. The average molecular weight is 317 g/mol. The molecule has 1 fully saturated rings. The van der Waals surface area contributed by atoms with Crippen molar-refractivity contribution in [1.29, 1.82) is 0 Å². The number of nitrogens with one attached hydrogen (secondary N) is 1. The quantitative estimate of drug-likeness (QED) is 0.553. The highest BCUT2D eigenvalue weighted by Crippen LogP contribution is 2.09. The van der Waals surface area contributed by atoms with E-state index in [2.05, 4.69) is 29.1 Å². The smallest absolute Gasteiger partial charge is 0.305 e. The summed E-state index contributed by atoms with van der Waals surface area (Å²) in [6.07, 6.45) is 1.27. The van der Waals surface area contributed by atoms with Crippen LogP contribution in [0.1, 0.15) is 26.2 Å². The Morgan fingerprint density at radius 2 is 1.77 bits per heavy atom. The number of hydrogen-bond donors (Lipinski definition) is 3. The lowest BCUT2D eigenvalue weighted by molar-refractivity contribution is -0.137. The minimum absolute atomic E-state index is 0.0141. The molecule has 22 heavy (non-hydrogen) atoms. The first-order valence-corrected chi connectivity index (χ1v) is 7.39. The van der Waals surface area contributed by atoms with Gasteiger partial charge in [0.1, 0.15) is 0 Å². The molecule has 3 N–H and O–H groups in total. The predicted molar refractivity (Wildman–Crippen MR) is 81.7 cm³/mol. The van der Waals surface area contributed by atoms with E-state index in [1.807, 2.05) is 0 Å². The SMILES string of the molecule is CC(CCC(=O)NCCC(=O)O)N1CCN(C)CC1.O=CO. The Kier molecular flexibility index (Phi) is 11.0. The maximum absolute atomic E-state index is 11.5. The molecule has 8 heteroatoms. The third-order valence-corrected chi connectivity index (χ3v) is 3.61. The van der Waals surface area contributed by atoms with E-state index in [4.69, 9.17) is 15.0 Å². The van der Waals surface area contributed by atoms with E-state index in [1.54, 1.807) is 0 Å². The van der Waals surface area contributed by atoms with Crippen LogP contribution in [0.15, 0.2) is 0 Å². The van der Waals surface area contributed by atoms with E-state index in [9.17, 15) is 9.59 Å². The van der Waals surface area contributed by atoms with E-state index in [0.29, 0.717) is 12.5 Å². The topological polar surface area (TPSA) is 110 Å². The zero-order chi connectivity index (χ0) is 17.0. The highest BCUT2D eigenvalue weighted by Gasteiger charge is 2.19. The molecule has 0 radical (unpaired) electrons. The highest BCUT2D eigenvalue weighted by molar-refractivity contribution is 5.76. The molecule has 128 valence electrons. The van der Waals surface area contributed by atoms with Crippen molar-refractivity contribution in [3.8, 4) is 0 Å². The second-order valence-electron chi connectivity index (χ2n) is 5.33. The largest absolute Gasteiger partial charge is 0.483 e. The fourth-order valence-electron chi connectivity index (χ4n) is 2.18. The number of nitrogens with zero attached hydrogens (tertiary/aromatic N) is 2. The number of carbonyl (C=O) groups excluding carboxylic acids is 1. The lowest BCUT2D eigenvalue weighted by Gasteiger charge is -2.36. The van der Waals surface area contributed by atoms with Crippen LogP contribution >= 0.6 is 0 Å². The van der Waals surface area contributed by atoms with E-state index in [1.165, 1.54) is 0 Å². The van der Waals surface area contributed by atoms with Crippen molar-refractivity contribution < 1.29 is 24.6 Å². The molecule has 1 saturated heterocycles. The molecule has 8 nitrogen and oxygen atoms in total. The van der Waals surface area contributed by atoms with Crippen LogP contribution in [0.3, 0.4) is 0 Å². The average Bonchev–Trinajstić information content (AvgIpc) is 2.46. The summed E-state index contributed by atoms with van der Waals surface area (Å²) in [6.45, 7) is 6.38. The van der Waals surface area contributed by atoms with Gasteiger partial charge in [0, 0.05) is 45.2 Å². The van der Waals surface area contributed by atoms with Gasteiger partial charge in [-0.2, -0.15) is 0 Å². The summed E-state index contributed by atoms with van der Waals surface area (Å²) in [5.74, 6) is -0.937. The lowest BCUT2D eigenvalue weighted by Crippen LogP contribution is -2.48. The zero-order valence-corrected chi connectivity index (χ0v) is 13.3. The number of aliphatic carboxylic acids is 1. The van der Waals surface area contributed by atoms with Crippen LogP contribution in [0.5, 0.6) is 0 Å². The number of likely N-dealkylation sites (N-methyl/N-ethyl adjacent to an activating group) is 1. The van der Waals surface area contributed by atoms with E-state index < -0.39 is 5.97 Å². The molecule has 1 aliphatic rings. The molecule has 0 aromatic rings. The van der Waals surface area contributed by atoms with E-state index >= 15 is 0 Å². The zero-order valence-electron chi connectivity index (χ0n) is 13.3. The maximum Gasteiger partial charge on any atom is 0.305 e. The first-order chi connectivity index (χ1) is 10.4. The van der Waals surface area contributed by atoms with Crippen LogP contribution in [-0.2, 0) is 14.4 Å². The van der Waals surface area contributed by atoms with Crippen molar-refractivity contribution >= 4 is 18.3 Å². The number of amides is 1. The highest BCUT2D eigenvalue weighted by atomic mass is 16.4. The van der Waals surface area contributed by atoms with Crippen LogP contribution in [0.25, 0.3) is 0 Å². The van der Waals surface area contributed by atoms with Crippen LogP contribution in [-0.4, -0.2) is 84.2 Å². The van der Waals surface area contributed by atoms with Gasteiger partial charge in [-0.1, -0.05) is 0 Å². The number of hydrogen-bond acceptors (Lipinski definition) is 5. The van der Waals surface area contributed by atoms with Crippen LogP contribution in [0.4, 0.5) is 0 Å². The van der Waals surface area contributed by atoms with Gasteiger partial charge < -0.3 is 20.4 Å². The van der Waals surface area contributed by atoms with Crippen LogP contribution < -0.4 is 5.32 Å². The van der Waals surface area contributed by atoms with Crippen LogP contribution in [0.2, 0.25) is 0 Å². The molecule has 0 aromatic carbocycles. The second-order valence-corrected chi connectivity index (χ2v) is 5.33. The van der Waals surface area contributed by atoms with Crippen LogP contribution in [0, 0.1) is 0 Å². The van der Waals surface area contributed by atoms with Gasteiger partial charge in [0.05, 0.1) is 6.42 Å². The third-order valence-electron chi connectivity index (χ3n) is 3.61. The Labute approximate surface area is 131 Å². The monoisotopic (exact) mass is 317 g/mol. The van der Waals surface area contributed by atoms with Gasteiger partial charge in [0.2, 0.25) is 5.91 Å². The molecule has 0 bridgehead atoms. The Hall–Kier alpha value is -1.67. The summed E-state index contributed by atoms with van der Waals surface area (Å²) in [6, 6.07) is 0.402. The number of carboxylic acid groups (broad SMARTS) is 2. The molecular weight excluding hydrogens is 290 g/mol. The van der Waals surface area contributed by atoms with Gasteiger partial charge in [0.15, 0.2) is 0 Å². The van der Waals surface area contributed by atoms with Gasteiger partial charge in [0.25, 0.3) is 6.47 Å². The molecule has 0 spiro atoms. The van der Waals surface area contributed by atoms with Crippen molar-refractivity contribution in [3.63, 3.8) is 0 Å². The molecule has 0 saturated carbocycles. The Balaban J connectivity index is 0.00000135. The summed E-state index contributed by atoms with van der Waals surface area (Å²) in [7, 11) is 2.12. The van der Waals surface area contributed by atoms with Gasteiger partial charge in [-0.05, 0) is 20.4 Å². The summed E-state index contributed by atoms with van der Waals surface area (Å²) in [4.78, 5) is 34.9. The summed E-state index contributed by atoms with van der Waals surface area (Å²) in [5.41, 5.74) is 0. The van der Waals surface area contributed by atoms with Crippen molar-refractivity contribution in [1.82, 2.24) is 15.1 Å². The molecule has 0 aliphatic carbocycles. The van der Waals surface area contributed by atoms with Crippen molar-refractivity contribution in [2.75, 3.05) is 39.8 Å². The summed E-state index contributed by atoms with van der Waals surface area (Å²) >= 11 is 0. The van der Waals surface area contributed by atoms with Gasteiger partial charge >= 0.3 is 5.97 Å². The second kappa shape index (κ2) is 11.9. The normalized spacial score (nSPS) is 17.0. The minimum Gasteiger partial charge on any atom is -0.483 e. The maximum atomic E-state index is 11.5. The van der Waals surface area contributed by atoms with Crippen molar-refractivity contribution in [2.24, 2.45) is 0 Å². The van der Waals surface area contributed by atoms with Crippen molar-refractivity contribution in [2.45, 2.75) is 32.2 Å². The van der Waals surface area contributed by atoms with Crippen molar-refractivity contribution in [3.05, 3.63) is 0 Å². The third kappa shape index (κ3) is 10.1. The molecule has 1 atom stereocenters. The Morgan fingerprint density at radius 3 is 2.27 bits per heavy atom. The number of carboxylic acids is 1. The Morgan fingerprint density at radius 1 is 1.23 bits per heavy atom. The fraction of sp³-hybridized carbons (Fsp3) is 0.786. The molecule has 1 unspecified atom stereocenters. The van der Waals surface area contributed by atoms with E-state index in [0.717, 1.165) is 32.6 Å². The first-order valence-electron chi connectivity index (χ1n) is 7.39. The minimum atomic E-state index is -0.883. The first kappa shape index (κ1) is 20.3. The standard InChI is InChI=1S/C13H25N3O3.CH2O2/c1-11(16-9-7-15(2)8-10-16)3-4-12(17)14-6-5-13(18)19;2-1-3/h11H,3-10H2,1-2H3,(H,14,17)(H,18,19);1H,(H,2,3). The molecule has 0 aromatic heterocycles. The van der Waals surface area contributed by atoms with Gasteiger partial charge in [-0.3, -0.25) is 19.3 Å². The van der Waals surface area contributed by atoms with E-state index in [-0.39, 0.29) is 25.3 Å². The molecule has 1 rings (SSSR count). The molecule has 1 aliphatic heterocycles. The molecule has 1 amide bonds.